The fraction of sp³-hybridized carbons (Fsp3) is 0.579. The van der Waals surface area contributed by atoms with E-state index in [1.54, 1.807) is 0 Å². The lowest BCUT2D eigenvalue weighted by Crippen LogP contribution is -2.41. The normalized spacial score (nSPS) is 14.6. The van der Waals surface area contributed by atoms with E-state index >= 15 is 0 Å². The second-order valence-electron chi connectivity index (χ2n) is 7.81. The number of aliphatic carboxylic acids is 2. The fourth-order valence-electron chi connectivity index (χ4n) is 3.27. The van der Waals surface area contributed by atoms with E-state index in [0.717, 1.165) is 44.2 Å². The van der Waals surface area contributed by atoms with E-state index in [0.29, 0.717) is 6.54 Å². The van der Waals surface area contributed by atoms with E-state index < -0.39 is 11.9 Å². The third-order valence-electron chi connectivity index (χ3n) is 4.48. The lowest BCUT2D eigenvalue weighted by atomic mass is 10.1. The average molecular weight is 377 g/mol. The summed E-state index contributed by atoms with van der Waals surface area (Å²) in [6.07, 6.45) is 6.55. The second-order valence-corrected chi connectivity index (χ2v) is 7.81. The Hall–Kier alpha value is -2.48. The molecule has 0 aromatic carbocycles. The maximum atomic E-state index is 12.3. The van der Waals surface area contributed by atoms with E-state index in [9.17, 15) is 4.79 Å². The van der Waals surface area contributed by atoms with Crippen LogP contribution in [0.5, 0.6) is 0 Å². The smallest absolute Gasteiger partial charge is 0.414 e. The molecule has 0 unspecified atom stereocenters. The van der Waals surface area contributed by atoms with Crippen LogP contribution in [0.1, 0.15) is 56.1 Å². The minimum Gasteiger partial charge on any atom is -0.473 e. The Morgan fingerprint density at radius 3 is 1.81 bits per heavy atom. The van der Waals surface area contributed by atoms with Crippen molar-refractivity contribution < 1.29 is 24.6 Å². The van der Waals surface area contributed by atoms with Crippen molar-refractivity contribution in [3.63, 3.8) is 0 Å². The topological polar surface area (TPSA) is 129 Å². The molecule has 0 fully saturated rings. The van der Waals surface area contributed by atoms with E-state index in [1.807, 2.05) is 0 Å². The molecule has 0 aliphatic heterocycles. The second kappa shape index (κ2) is 8.47. The van der Waals surface area contributed by atoms with E-state index in [-0.39, 0.29) is 11.4 Å². The largest absolute Gasteiger partial charge is 0.473 e. The molecule has 1 aromatic heterocycles. The summed E-state index contributed by atoms with van der Waals surface area (Å²) in [4.78, 5) is 35.3. The first-order chi connectivity index (χ1) is 12.6. The van der Waals surface area contributed by atoms with Crippen LogP contribution >= 0.6 is 0 Å². The number of carbonyl (C=O) groups is 3. The van der Waals surface area contributed by atoms with Gasteiger partial charge in [-0.2, -0.15) is 0 Å². The molecule has 4 N–H and O–H groups in total. The summed E-state index contributed by atoms with van der Waals surface area (Å²) in [5.41, 5.74) is 6.06. The van der Waals surface area contributed by atoms with Crippen molar-refractivity contribution >= 4 is 23.5 Å². The van der Waals surface area contributed by atoms with E-state index in [1.165, 1.54) is 22.5 Å². The Kier molecular flexibility index (Phi) is 6.54. The Balaban J connectivity index is 0.000000380. The predicted octanol–water partition coefficient (Wildman–Crippen LogP) is 1.54. The van der Waals surface area contributed by atoms with Crippen LogP contribution in [-0.4, -0.2) is 45.1 Å². The molecule has 0 saturated heterocycles. The summed E-state index contributed by atoms with van der Waals surface area (Å²) in [7, 11) is 0. The number of carboxylic acids is 2. The minimum atomic E-state index is -1.82. The van der Waals surface area contributed by atoms with Gasteiger partial charge in [-0.1, -0.05) is 0 Å². The Morgan fingerprint density at radius 2 is 1.41 bits per heavy atom. The number of carboxylic acid groups (broad SMARTS) is 2. The molecule has 0 saturated carbocycles. The minimum absolute atomic E-state index is 0.0422. The van der Waals surface area contributed by atoms with Crippen LogP contribution in [0.3, 0.4) is 0 Å². The van der Waals surface area contributed by atoms with Gasteiger partial charge in [-0.05, 0) is 70.4 Å². The van der Waals surface area contributed by atoms with Crippen LogP contribution < -0.4 is 10.6 Å². The summed E-state index contributed by atoms with van der Waals surface area (Å²) < 4.78 is 0. The van der Waals surface area contributed by atoms with Crippen molar-refractivity contribution in [2.24, 2.45) is 0 Å². The molecule has 1 amide bonds. The number of amides is 1. The lowest BCUT2D eigenvalue weighted by molar-refractivity contribution is -0.159. The van der Waals surface area contributed by atoms with Gasteiger partial charge in [-0.3, -0.25) is 9.78 Å². The molecule has 8 heteroatoms. The highest BCUT2D eigenvalue weighted by Gasteiger charge is 2.26. The molecule has 1 aromatic rings. The van der Waals surface area contributed by atoms with Crippen molar-refractivity contribution in [3.8, 4) is 0 Å². The van der Waals surface area contributed by atoms with Gasteiger partial charge in [0.2, 0.25) is 5.91 Å². The maximum absolute atomic E-state index is 12.3. The number of aryl methyl sites for hydroxylation is 2. The van der Waals surface area contributed by atoms with Gasteiger partial charge in [-0.25, -0.2) is 9.59 Å². The SMILES string of the molecule is CC(C)(C)NCC(=O)Nc1c2c(nc3c1CCC3)CCC2.O=C(O)C(=O)O. The van der Waals surface area contributed by atoms with Crippen molar-refractivity contribution in [3.05, 3.63) is 22.5 Å². The molecule has 27 heavy (non-hydrogen) atoms. The Labute approximate surface area is 158 Å². The zero-order chi connectivity index (χ0) is 20.2. The molecule has 0 bridgehead atoms. The van der Waals surface area contributed by atoms with Crippen molar-refractivity contribution in [1.29, 1.82) is 0 Å². The monoisotopic (exact) mass is 377 g/mol. The van der Waals surface area contributed by atoms with Gasteiger partial charge in [-0.15, -0.1) is 0 Å². The number of fused-ring (bicyclic) bond motifs is 2. The zero-order valence-electron chi connectivity index (χ0n) is 16.0. The molecule has 0 atom stereocenters. The highest BCUT2D eigenvalue weighted by Crippen LogP contribution is 2.36. The summed E-state index contributed by atoms with van der Waals surface area (Å²) in [6, 6.07) is 0. The van der Waals surface area contributed by atoms with Gasteiger partial charge in [0.05, 0.1) is 12.2 Å². The summed E-state index contributed by atoms with van der Waals surface area (Å²) in [5, 5.41) is 21.2. The van der Waals surface area contributed by atoms with Crippen LogP contribution in [-0.2, 0) is 40.1 Å². The van der Waals surface area contributed by atoms with Crippen molar-refractivity contribution in [1.82, 2.24) is 10.3 Å². The highest BCUT2D eigenvalue weighted by atomic mass is 16.4. The third kappa shape index (κ3) is 5.75. The predicted molar refractivity (Wildman–Crippen MR) is 99.9 cm³/mol. The number of pyridine rings is 1. The first-order valence-corrected chi connectivity index (χ1v) is 9.13. The van der Waals surface area contributed by atoms with Gasteiger partial charge in [0.1, 0.15) is 0 Å². The van der Waals surface area contributed by atoms with Crippen LogP contribution in [0.15, 0.2) is 0 Å². The highest BCUT2D eigenvalue weighted by molar-refractivity contribution is 6.27. The van der Waals surface area contributed by atoms with Crippen LogP contribution in [0.25, 0.3) is 0 Å². The summed E-state index contributed by atoms with van der Waals surface area (Å²) in [6.45, 7) is 6.57. The van der Waals surface area contributed by atoms with Crippen molar-refractivity contribution in [2.75, 3.05) is 11.9 Å². The summed E-state index contributed by atoms with van der Waals surface area (Å²) >= 11 is 0. The zero-order valence-corrected chi connectivity index (χ0v) is 16.0. The molecule has 148 valence electrons. The molecule has 3 rings (SSSR count). The van der Waals surface area contributed by atoms with Gasteiger partial charge in [0.15, 0.2) is 0 Å². The number of nitrogens with one attached hydrogen (secondary N) is 2. The standard InChI is InChI=1S/C17H25N3O.C2H2O4/c1-17(2,3)18-10-15(21)20-16-11-6-4-8-13(11)19-14-9-5-7-12(14)16;3-1(4)2(5)6/h18H,4-10H2,1-3H3,(H,19,20,21);(H,3,4)(H,5,6). The average Bonchev–Trinajstić information content (AvgIpc) is 3.21. The van der Waals surface area contributed by atoms with Gasteiger partial charge < -0.3 is 20.8 Å². The first kappa shape index (κ1) is 20.8. The lowest BCUT2D eigenvalue weighted by Gasteiger charge is -2.21. The maximum Gasteiger partial charge on any atom is 0.414 e. The molecule has 0 radical (unpaired) electrons. The number of anilines is 1. The van der Waals surface area contributed by atoms with Crippen LogP contribution in [0, 0.1) is 0 Å². The first-order valence-electron chi connectivity index (χ1n) is 9.13. The number of aromatic nitrogens is 1. The molecule has 8 nitrogen and oxygen atoms in total. The number of rotatable bonds is 3. The number of carbonyl (C=O) groups excluding carboxylic acids is 1. The molecule has 0 spiro atoms. The Morgan fingerprint density at radius 1 is 0.926 bits per heavy atom. The fourth-order valence-corrected chi connectivity index (χ4v) is 3.27. The third-order valence-corrected chi connectivity index (χ3v) is 4.48. The van der Waals surface area contributed by atoms with Crippen LogP contribution in [0.2, 0.25) is 0 Å². The molecular formula is C19H27N3O5. The summed E-state index contributed by atoms with van der Waals surface area (Å²) in [5.74, 6) is -3.59. The van der Waals surface area contributed by atoms with E-state index in [2.05, 4.69) is 31.4 Å². The van der Waals surface area contributed by atoms with Gasteiger partial charge in [0.25, 0.3) is 0 Å². The molecular weight excluding hydrogens is 350 g/mol. The van der Waals surface area contributed by atoms with E-state index in [4.69, 9.17) is 24.8 Å². The van der Waals surface area contributed by atoms with Crippen LogP contribution in [0.4, 0.5) is 5.69 Å². The molecule has 1 heterocycles. The number of hydrogen-bond donors (Lipinski definition) is 4. The van der Waals surface area contributed by atoms with Gasteiger partial charge in [0, 0.05) is 16.9 Å². The quantitative estimate of drug-likeness (QED) is 0.588. The van der Waals surface area contributed by atoms with Gasteiger partial charge >= 0.3 is 11.9 Å². The number of hydrogen-bond acceptors (Lipinski definition) is 5. The molecule has 2 aliphatic rings. The molecule has 2 aliphatic carbocycles. The van der Waals surface area contributed by atoms with Crippen molar-refractivity contribution in [2.45, 2.75) is 64.8 Å². The Bertz CT molecular complexity index is 708. The number of nitrogens with zero attached hydrogens (tertiary/aromatic N) is 1.